The van der Waals surface area contributed by atoms with Crippen LogP contribution in [-0.4, -0.2) is 25.2 Å². The zero-order valence-corrected chi connectivity index (χ0v) is 26.8. The van der Waals surface area contributed by atoms with Gasteiger partial charge in [0.05, 0.1) is 19.1 Å². The first kappa shape index (κ1) is 36.9. The van der Waals surface area contributed by atoms with Crippen LogP contribution in [0.3, 0.4) is 0 Å². The summed E-state index contributed by atoms with van der Waals surface area (Å²) in [5.74, 6) is 2.64. The number of carbonyl (C=O) groups is 2. The van der Waals surface area contributed by atoms with Gasteiger partial charge in [-0.3, -0.25) is 9.59 Å². The van der Waals surface area contributed by atoms with Crippen LogP contribution in [0, 0.1) is 35.5 Å². The van der Waals surface area contributed by atoms with Gasteiger partial charge in [-0.15, -0.1) is 0 Å². The first-order valence-electron chi connectivity index (χ1n) is 16.4. The summed E-state index contributed by atoms with van der Waals surface area (Å²) in [4.78, 5) is 24.9. The maximum atomic E-state index is 13.0. The van der Waals surface area contributed by atoms with E-state index in [1.165, 1.54) is 44.9 Å². The molecule has 0 saturated heterocycles. The maximum absolute atomic E-state index is 13.0. The van der Waals surface area contributed by atoms with Gasteiger partial charge in [0, 0.05) is 6.42 Å². The van der Waals surface area contributed by atoms with Crippen LogP contribution in [0.5, 0.6) is 0 Å². The first-order valence-corrected chi connectivity index (χ1v) is 16.4. The zero-order chi connectivity index (χ0) is 28.8. The normalized spacial score (nSPS) is 13.5. The van der Waals surface area contributed by atoms with E-state index in [-0.39, 0.29) is 17.9 Å². The molecule has 2 atom stereocenters. The standard InChI is InChI=1S/C34H66O4/c1-27(2)21-15-13-19-25-37-32(35)24-18-12-10-9-11-17-23-31(29(5)6)33(30(7)8)34(36)38-26-20-14-16-22-28(3)4/h27-31,33H,9-26H2,1-8H3. The minimum atomic E-state index is -0.0317. The van der Waals surface area contributed by atoms with Crippen molar-refractivity contribution >= 4 is 11.9 Å². The van der Waals surface area contributed by atoms with Gasteiger partial charge in [-0.05, 0) is 55.3 Å². The Kier molecular flexibility index (Phi) is 23.1. The topological polar surface area (TPSA) is 52.6 Å². The van der Waals surface area contributed by atoms with E-state index in [0.29, 0.717) is 37.4 Å². The Hall–Kier alpha value is -1.06. The highest BCUT2D eigenvalue weighted by molar-refractivity contribution is 5.73. The molecule has 0 aliphatic rings. The second-order valence-electron chi connectivity index (χ2n) is 13.2. The molecule has 0 aromatic rings. The Morgan fingerprint density at radius 1 is 0.500 bits per heavy atom. The van der Waals surface area contributed by atoms with Gasteiger partial charge in [0.15, 0.2) is 0 Å². The molecule has 0 bridgehead atoms. The molecule has 4 heteroatoms. The van der Waals surface area contributed by atoms with Crippen LogP contribution in [0.2, 0.25) is 0 Å². The second-order valence-corrected chi connectivity index (χ2v) is 13.2. The zero-order valence-electron chi connectivity index (χ0n) is 26.8. The molecule has 38 heavy (non-hydrogen) atoms. The van der Waals surface area contributed by atoms with Gasteiger partial charge in [-0.2, -0.15) is 0 Å². The van der Waals surface area contributed by atoms with Crippen LogP contribution in [0.15, 0.2) is 0 Å². The van der Waals surface area contributed by atoms with Crippen LogP contribution >= 0.6 is 0 Å². The third-order valence-corrected chi connectivity index (χ3v) is 7.84. The third-order valence-electron chi connectivity index (χ3n) is 7.84. The fourth-order valence-corrected chi connectivity index (χ4v) is 5.42. The molecular formula is C34H66O4. The van der Waals surface area contributed by atoms with Crippen molar-refractivity contribution in [3.63, 3.8) is 0 Å². The van der Waals surface area contributed by atoms with Gasteiger partial charge in [-0.25, -0.2) is 0 Å². The molecule has 0 saturated carbocycles. The van der Waals surface area contributed by atoms with Crippen molar-refractivity contribution in [3.05, 3.63) is 0 Å². The minimum absolute atomic E-state index is 0.00752. The molecule has 226 valence electrons. The van der Waals surface area contributed by atoms with Gasteiger partial charge in [0.2, 0.25) is 0 Å². The second kappa shape index (κ2) is 23.8. The lowest BCUT2D eigenvalue weighted by atomic mass is 9.74. The molecule has 4 nitrogen and oxygen atoms in total. The summed E-state index contributed by atoms with van der Waals surface area (Å²) in [7, 11) is 0. The summed E-state index contributed by atoms with van der Waals surface area (Å²) in [5.41, 5.74) is 0. The number of unbranched alkanes of at least 4 members (excludes halogenated alkanes) is 9. The van der Waals surface area contributed by atoms with Gasteiger partial charge in [-0.1, -0.05) is 126 Å². The van der Waals surface area contributed by atoms with Crippen LogP contribution < -0.4 is 0 Å². The van der Waals surface area contributed by atoms with Crippen molar-refractivity contribution in [2.45, 2.75) is 158 Å². The molecule has 0 N–H and O–H groups in total. The van der Waals surface area contributed by atoms with Gasteiger partial charge in [0.25, 0.3) is 0 Å². The van der Waals surface area contributed by atoms with E-state index < -0.39 is 0 Å². The minimum Gasteiger partial charge on any atom is -0.466 e. The molecular weight excluding hydrogens is 472 g/mol. The van der Waals surface area contributed by atoms with E-state index in [9.17, 15) is 9.59 Å². The highest BCUT2D eigenvalue weighted by Gasteiger charge is 2.33. The summed E-state index contributed by atoms with van der Waals surface area (Å²) in [6, 6.07) is 0. The number of ether oxygens (including phenoxy) is 2. The summed E-state index contributed by atoms with van der Waals surface area (Å²) in [6.07, 6.45) is 17.6. The van der Waals surface area contributed by atoms with E-state index in [4.69, 9.17) is 9.47 Å². The van der Waals surface area contributed by atoms with Crippen molar-refractivity contribution in [2.24, 2.45) is 35.5 Å². The van der Waals surface area contributed by atoms with Crippen molar-refractivity contribution in [3.8, 4) is 0 Å². The van der Waals surface area contributed by atoms with Crippen LogP contribution in [-0.2, 0) is 19.1 Å². The average molecular weight is 539 g/mol. The molecule has 0 radical (unpaired) electrons. The Morgan fingerprint density at radius 2 is 0.947 bits per heavy atom. The van der Waals surface area contributed by atoms with E-state index in [1.807, 2.05) is 0 Å². The van der Waals surface area contributed by atoms with E-state index >= 15 is 0 Å². The number of carbonyl (C=O) groups excluding carboxylic acids is 2. The van der Waals surface area contributed by atoms with Crippen LogP contribution in [0.1, 0.15) is 158 Å². The van der Waals surface area contributed by atoms with Crippen molar-refractivity contribution < 1.29 is 19.1 Å². The molecule has 0 aliphatic carbocycles. The molecule has 2 unspecified atom stereocenters. The van der Waals surface area contributed by atoms with E-state index in [2.05, 4.69) is 55.4 Å². The highest BCUT2D eigenvalue weighted by Crippen LogP contribution is 2.33. The van der Waals surface area contributed by atoms with Gasteiger partial charge >= 0.3 is 11.9 Å². The molecule has 0 aromatic heterocycles. The largest absolute Gasteiger partial charge is 0.466 e. The van der Waals surface area contributed by atoms with E-state index in [0.717, 1.165) is 63.2 Å². The molecule has 0 fully saturated rings. The van der Waals surface area contributed by atoms with Gasteiger partial charge < -0.3 is 9.47 Å². The lowest BCUT2D eigenvalue weighted by Crippen LogP contribution is -2.33. The molecule has 0 rings (SSSR count). The van der Waals surface area contributed by atoms with Crippen LogP contribution in [0.4, 0.5) is 0 Å². The first-order chi connectivity index (χ1) is 18.1. The summed E-state index contributed by atoms with van der Waals surface area (Å²) >= 11 is 0. The molecule has 0 aliphatic heterocycles. The predicted octanol–water partition coefficient (Wildman–Crippen LogP) is 10.2. The Bertz CT molecular complexity index is 567. The molecule has 0 amide bonds. The van der Waals surface area contributed by atoms with Crippen LogP contribution in [0.25, 0.3) is 0 Å². The van der Waals surface area contributed by atoms with E-state index in [1.54, 1.807) is 0 Å². The number of hydrogen-bond acceptors (Lipinski definition) is 4. The summed E-state index contributed by atoms with van der Waals surface area (Å²) in [5, 5.41) is 0. The fourth-order valence-electron chi connectivity index (χ4n) is 5.42. The Balaban J connectivity index is 4.08. The Morgan fingerprint density at radius 3 is 1.45 bits per heavy atom. The number of rotatable bonds is 25. The fraction of sp³-hybridized carbons (Fsp3) is 0.941. The Labute approximate surface area is 237 Å². The van der Waals surface area contributed by atoms with Gasteiger partial charge in [0.1, 0.15) is 0 Å². The smallest absolute Gasteiger partial charge is 0.309 e. The summed E-state index contributed by atoms with van der Waals surface area (Å²) < 4.78 is 11.1. The molecule has 0 aromatic carbocycles. The molecule has 0 heterocycles. The highest BCUT2D eigenvalue weighted by atomic mass is 16.5. The van der Waals surface area contributed by atoms with Crippen molar-refractivity contribution in [2.75, 3.05) is 13.2 Å². The predicted molar refractivity (Wildman–Crippen MR) is 162 cm³/mol. The lowest BCUT2D eigenvalue weighted by Gasteiger charge is -2.31. The van der Waals surface area contributed by atoms with Crippen molar-refractivity contribution in [1.82, 2.24) is 0 Å². The lowest BCUT2D eigenvalue weighted by molar-refractivity contribution is -0.153. The maximum Gasteiger partial charge on any atom is 0.309 e. The van der Waals surface area contributed by atoms with Crippen molar-refractivity contribution in [1.29, 1.82) is 0 Å². The average Bonchev–Trinajstić information content (AvgIpc) is 2.83. The number of esters is 2. The third kappa shape index (κ3) is 20.8. The SMILES string of the molecule is CC(C)CCCCCOC(=O)CCCCCCCCC(C(C)C)C(C(=O)OCCCCCC(C)C)C(C)C. The molecule has 0 spiro atoms. The quantitative estimate of drug-likeness (QED) is 0.0857. The number of hydrogen-bond donors (Lipinski definition) is 0. The summed E-state index contributed by atoms with van der Waals surface area (Å²) in [6.45, 7) is 19.0. The monoisotopic (exact) mass is 538 g/mol.